The van der Waals surface area contributed by atoms with Crippen LogP contribution in [0, 0.1) is 5.41 Å². The Morgan fingerprint density at radius 2 is 1.75 bits per heavy atom. The van der Waals surface area contributed by atoms with Gasteiger partial charge in [-0.15, -0.1) is 0 Å². The summed E-state index contributed by atoms with van der Waals surface area (Å²) in [6, 6.07) is -1.55. The van der Waals surface area contributed by atoms with Gasteiger partial charge in [0.25, 0.3) is 0 Å². The van der Waals surface area contributed by atoms with Crippen molar-refractivity contribution in [2.45, 2.75) is 31.8 Å². The SMILES string of the molecule is C[C@H](N)C(=O)NCC(=O)NCC(=O)N[C@H]([C]=O)CCCNC(=N)N. The smallest absolute Gasteiger partial charge is 0.239 e. The summed E-state index contributed by atoms with van der Waals surface area (Å²) in [4.78, 5) is 45.0. The molecule has 24 heavy (non-hydrogen) atoms. The van der Waals surface area contributed by atoms with Gasteiger partial charge in [-0.1, -0.05) is 0 Å². The average Bonchev–Trinajstić information content (AvgIpc) is 2.52. The molecular weight excluding hydrogens is 318 g/mol. The molecule has 0 aromatic carbocycles. The van der Waals surface area contributed by atoms with E-state index in [0.717, 1.165) is 0 Å². The van der Waals surface area contributed by atoms with E-state index in [1.54, 1.807) is 6.29 Å². The molecule has 0 bridgehead atoms. The summed E-state index contributed by atoms with van der Waals surface area (Å²) in [5.41, 5.74) is 10.4. The molecule has 0 saturated carbocycles. The van der Waals surface area contributed by atoms with E-state index in [1.165, 1.54) is 6.92 Å². The van der Waals surface area contributed by atoms with Crippen LogP contribution >= 0.6 is 0 Å². The zero-order valence-corrected chi connectivity index (χ0v) is 13.5. The van der Waals surface area contributed by atoms with E-state index in [9.17, 15) is 19.2 Å². The first-order valence-electron chi connectivity index (χ1n) is 7.31. The highest BCUT2D eigenvalue weighted by Gasteiger charge is 2.14. The Balaban J connectivity index is 3.96. The summed E-state index contributed by atoms with van der Waals surface area (Å²) < 4.78 is 0. The van der Waals surface area contributed by atoms with Crippen molar-refractivity contribution < 1.29 is 19.2 Å². The lowest BCUT2D eigenvalue weighted by atomic mass is 10.1. The van der Waals surface area contributed by atoms with Crippen LogP contribution in [0.3, 0.4) is 0 Å². The van der Waals surface area contributed by atoms with E-state index in [1.807, 2.05) is 0 Å². The molecule has 0 saturated heterocycles. The van der Waals surface area contributed by atoms with Crippen LogP contribution in [0.25, 0.3) is 0 Å². The van der Waals surface area contributed by atoms with Crippen LogP contribution in [0.5, 0.6) is 0 Å². The number of hydrogen-bond donors (Lipinski definition) is 7. The van der Waals surface area contributed by atoms with Crippen LogP contribution in [-0.2, 0) is 19.2 Å². The molecule has 0 fully saturated rings. The van der Waals surface area contributed by atoms with E-state index in [4.69, 9.17) is 16.9 Å². The van der Waals surface area contributed by atoms with Crippen LogP contribution < -0.4 is 32.7 Å². The largest absolute Gasteiger partial charge is 0.370 e. The highest BCUT2D eigenvalue weighted by atomic mass is 16.2. The van der Waals surface area contributed by atoms with Gasteiger partial charge in [0.1, 0.15) is 0 Å². The summed E-state index contributed by atoms with van der Waals surface area (Å²) in [7, 11) is 0. The third-order valence-corrected chi connectivity index (χ3v) is 2.75. The lowest BCUT2D eigenvalue weighted by Gasteiger charge is -2.13. The van der Waals surface area contributed by atoms with Crippen LogP contribution in [0.2, 0.25) is 0 Å². The fourth-order valence-electron chi connectivity index (χ4n) is 1.50. The Morgan fingerprint density at radius 1 is 1.12 bits per heavy atom. The third-order valence-electron chi connectivity index (χ3n) is 2.75. The Hall–Kier alpha value is -2.69. The maximum atomic E-state index is 11.6. The minimum absolute atomic E-state index is 0.176. The predicted octanol–water partition coefficient (Wildman–Crippen LogP) is -3.58. The minimum Gasteiger partial charge on any atom is -0.370 e. The molecule has 135 valence electrons. The summed E-state index contributed by atoms with van der Waals surface area (Å²) in [6.45, 7) is 1.23. The van der Waals surface area contributed by atoms with Crippen molar-refractivity contribution in [3.63, 3.8) is 0 Å². The van der Waals surface area contributed by atoms with Crippen LogP contribution in [0.15, 0.2) is 0 Å². The van der Waals surface area contributed by atoms with Crippen molar-refractivity contribution >= 4 is 30.0 Å². The number of rotatable bonds is 11. The van der Waals surface area contributed by atoms with Crippen molar-refractivity contribution in [3.05, 3.63) is 0 Å². The molecule has 0 spiro atoms. The number of carbonyl (C=O) groups is 3. The average molecular weight is 342 g/mol. The minimum atomic E-state index is -0.819. The molecule has 0 heterocycles. The lowest BCUT2D eigenvalue weighted by molar-refractivity contribution is -0.128. The van der Waals surface area contributed by atoms with Crippen molar-refractivity contribution in [1.29, 1.82) is 5.41 Å². The molecule has 0 aromatic rings. The first kappa shape index (κ1) is 21.3. The zero-order valence-electron chi connectivity index (χ0n) is 13.5. The lowest BCUT2D eigenvalue weighted by Crippen LogP contribution is -2.47. The Labute approximate surface area is 139 Å². The van der Waals surface area contributed by atoms with Crippen molar-refractivity contribution in [1.82, 2.24) is 21.3 Å². The van der Waals surface area contributed by atoms with Crippen LogP contribution in [-0.4, -0.2) is 61.7 Å². The molecule has 9 N–H and O–H groups in total. The molecule has 0 aliphatic carbocycles. The molecule has 2 atom stereocenters. The van der Waals surface area contributed by atoms with Crippen molar-refractivity contribution in [2.75, 3.05) is 19.6 Å². The molecule has 0 aliphatic rings. The second-order valence-corrected chi connectivity index (χ2v) is 5.00. The first-order valence-corrected chi connectivity index (χ1v) is 7.31. The zero-order chi connectivity index (χ0) is 18.5. The predicted molar refractivity (Wildman–Crippen MR) is 86.4 cm³/mol. The van der Waals surface area contributed by atoms with Gasteiger partial charge in [0.2, 0.25) is 24.0 Å². The number of guanidine groups is 1. The Bertz CT molecular complexity index is 467. The van der Waals surface area contributed by atoms with Gasteiger partial charge in [-0.2, -0.15) is 0 Å². The van der Waals surface area contributed by atoms with Gasteiger partial charge < -0.3 is 32.7 Å². The molecule has 3 amide bonds. The van der Waals surface area contributed by atoms with E-state index in [2.05, 4.69) is 21.3 Å². The van der Waals surface area contributed by atoms with Crippen molar-refractivity contribution in [2.24, 2.45) is 11.5 Å². The van der Waals surface area contributed by atoms with E-state index in [-0.39, 0.29) is 19.0 Å². The maximum absolute atomic E-state index is 11.6. The summed E-state index contributed by atoms with van der Waals surface area (Å²) in [5.74, 6) is -1.78. The van der Waals surface area contributed by atoms with Crippen molar-refractivity contribution in [3.8, 4) is 0 Å². The Morgan fingerprint density at radius 3 is 2.29 bits per heavy atom. The fraction of sp³-hybridized carbons (Fsp3) is 0.615. The van der Waals surface area contributed by atoms with Gasteiger partial charge in [-0.25, -0.2) is 0 Å². The highest BCUT2D eigenvalue weighted by Crippen LogP contribution is 1.93. The summed E-state index contributed by atoms with van der Waals surface area (Å²) in [5, 5.41) is 16.5. The molecule has 11 nitrogen and oxygen atoms in total. The second kappa shape index (κ2) is 11.8. The topological polar surface area (TPSA) is 192 Å². The normalized spacial score (nSPS) is 12.4. The van der Waals surface area contributed by atoms with Gasteiger partial charge in [-0.3, -0.25) is 24.6 Å². The van der Waals surface area contributed by atoms with E-state index >= 15 is 0 Å². The van der Waals surface area contributed by atoms with E-state index in [0.29, 0.717) is 19.4 Å². The number of carbonyl (C=O) groups excluding carboxylic acids is 4. The standard InChI is InChI=1S/C13H24N7O4/c1-8(14)12(24)19-5-10(22)18-6-11(23)20-9(7-21)3-2-4-17-13(15)16/h8-9H,2-6,14H2,1H3,(H,18,22)(H,19,24)(H,20,23)(H4,15,16,17)/t8-,9-/m0/s1. The first-order chi connectivity index (χ1) is 11.3. The number of hydrogen-bond acceptors (Lipinski definition) is 6. The maximum Gasteiger partial charge on any atom is 0.239 e. The number of amides is 3. The van der Waals surface area contributed by atoms with Gasteiger partial charge in [-0.05, 0) is 19.8 Å². The fourth-order valence-corrected chi connectivity index (χ4v) is 1.50. The summed E-state index contributed by atoms with van der Waals surface area (Å²) in [6.07, 6.45) is 2.49. The molecule has 1 radical (unpaired) electrons. The van der Waals surface area contributed by atoms with E-state index < -0.39 is 29.8 Å². The van der Waals surface area contributed by atoms with Crippen LogP contribution in [0.4, 0.5) is 0 Å². The molecule has 0 aliphatic heterocycles. The molecule has 0 rings (SSSR count). The Kier molecular flexibility index (Phi) is 10.5. The third kappa shape index (κ3) is 11.0. The van der Waals surface area contributed by atoms with Gasteiger partial charge >= 0.3 is 0 Å². The number of nitrogens with two attached hydrogens (primary N) is 2. The monoisotopic (exact) mass is 342 g/mol. The van der Waals surface area contributed by atoms with Gasteiger partial charge in [0.15, 0.2) is 5.96 Å². The second-order valence-electron chi connectivity index (χ2n) is 5.00. The molecule has 0 unspecified atom stereocenters. The quantitative estimate of drug-likeness (QED) is 0.115. The van der Waals surface area contributed by atoms with Gasteiger partial charge in [0, 0.05) is 6.54 Å². The number of nitrogens with one attached hydrogen (secondary N) is 5. The molecule has 11 heteroatoms. The van der Waals surface area contributed by atoms with Gasteiger partial charge in [0.05, 0.1) is 25.2 Å². The highest BCUT2D eigenvalue weighted by molar-refractivity contribution is 5.89. The molecule has 0 aromatic heterocycles. The molecular formula is C13H24N7O4. The summed E-state index contributed by atoms with van der Waals surface area (Å²) >= 11 is 0. The van der Waals surface area contributed by atoms with Crippen LogP contribution in [0.1, 0.15) is 19.8 Å².